The molecule has 3 atom stereocenters. The van der Waals surface area contributed by atoms with Gasteiger partial charge in [0.05, 0.1) is 11.8 Å². The predicted octanol–water partition coefficient (Wildman–Crippen LogP) is 2.89. The topological polar surface area (TPSA) is 38.2 Å². The zero-order chi connectivity index (χ0) is 14.1. The first-order chi connectivity index (χ1) is 10.4. The fourth-order valence-electron chi connectivity index (χ4n) is 3.44. The van der Waals surface area contributed by atoms with Crippen molar-refractivity contribution in [3.8, 4) is 0 Å². The van der Waals surface area contributed by atoms with E-state index in [0.29, 0.717) is 12.0 Å². The standard InChI is InChI=1S/C16H19N3OS/c1-2-13(21-7-1)9-19-6-4-12-8-15(20-16(12)10-19)14-3-5-17-11-18-14/h1-3,5,7,11-12,15-16H,4,6,8-10H2/t12-,15+,16+/m0/s1. The largest absolute Gasteiger partial charge is 0.367 e. The van der Waals surface area contributed by atoms with Crippen LogP contribution in [0, 0.1) is 5.92 Å². The minimum atomic E-state index is 0.157. The maximum Gasteiger partial charge on any atom is 0.115 e. The highest BCUT2D eigenvalue weighted by molar-refractivity contribution is 7.09. The summed E-state index contributed by atoms with van der Waals surface area (Å²) in [6.07, 6.45) is 6.27. The van der Waals surface area contributed by atoms with Crippen molar-refractivity contribution < 1.29 is 4.74 Å². The number of hydrogen-bond acceptors (Lipinski definition) is 5. The molecule has 0 saturated carbocycles. The van der Waals surface area contributed by atoms with Gasteiger partial charge in [0.25, 0.3) is 0 Å². The van der Waals surface area contributed by atoms with Crippen LogP contribution in [0.25, 0.3) is 0 Å². The van der Waals surface area contributed by atoms with E-state index in [-0.39, 0.29) is 6.10 Å². The molecule has 4 heterocycles. The lowest BCUT2D eigenvalue weighted by Crippen LogP contribution is -2.41. The van der Waals surface area contributed by atoms with E-state index in [1.54, 1.807) is 12.5 Å². The predicted molar refractivity (Wildman–Crippen MR) is 82.0 cm³/mol. The fraction of sp³-hybridized carbons (Fsp3) is 0.500. The van der Waals surface area contributed by atoms with Crippen molar-refractivity contribution in [2.45, 2.75) is 31.6 Å². The fourth-order valence-corrected chi connectivity index (χ4v) is 4.19. The van der Waals surface area contributed by atoms with Crippen LogP contribution in [0.2, 0.25) is 0 Å². The normalized spacial score (nSPS) is 29.4. The summed E-state index contributed by atoms with van der Waals surface area (Å²) in [6, 6.07) is 6.32. The third-order valence-corrected chi connectivity index (χ3v) is 5.39. The van der Waals surface area contributed by atoms with Gasteiger partial charge in [0.15, 0.2) is 0 Å². The zero-order valence-electron chi connectivity index (χ0n) is 11.9. The molecule has 0 N–H and O–H groups in total. The summed E-state index contributed by atoms with van der Waals surface area (Å²) in [5.41, 5.74) is 1.03. The number of hydrogen-bond donors (Lipinski definition) is 0. The molecule has 0 spiro atoms. The van der Waals surface area contributed by atoms with Crippen molar-refractivity contribution >= 4 is 11.3 Å². The maximum atomic E-state index is 6.27. The SMILES string of the molecule is c1csc(CN2CC[C@H]3C[C@H](c4ccncn4)O[C@@H]3C2)c1. The third kappa shape index (κ3) is 2.86. The Bertz CT molecular complexity index is 574. The van der Waals surface area contributed by atoms with Gasteiger partial charge in [-0.1, -0.05) is 6.07 Å². The molecule has 2 aliphatic heterocycles. The highest BCUT2D eigenvalue weighted by Gasteiger charge is 2.39. The number of ether oxygens (including phenoxy) is 1. The molecule has 2 saturated heterocycles. The maximum absolute atomic E-state index is 6.27. The van der Waals surface area contributed by atoms with Gasteiger partial charge in [-0.05, 0) is 42.8 Å². The lowest BCUT2D eigenvalue weighted by atomic mass is 9.91. The number of nitrogens with zero attached hydrogens (tertiary/aromatic N) is 3. The Hall–Kier alpha value is -1.30. The third-order valence-electron chi connectivity index (χ3n) is 4.53. The van der Waals surface area contributed by atoms with Crippen LogP contribution in [0.3, 0.4) is 0 Å². The van der Waals surface area contributed by atoms with E-state index < -0.39 is 0 Å². The van der Waals surface area contributed by atoms with Crippen LogP contribution in [-0.2, 0) is 11.3 Å². The second-order valence-electron chi connectivity index (χ2n) is 5.90. The van der Waals surface area contributed by atoms with Crippen molar-refractivity contribution in [3.05, 3.63) is 46.7 Å². The van der Waals surface area contributed by atoms with Crippen LogP contribution < -0.4 is 0 Å². The molecule has 0 amide bonds. The van der Waals surface area contributed by atoms with Gasteiger partial charge in [-0.15, -0.1) is 11.3 Å². The molecule has 0 aromatic carbocycles. The molecule has 2 aliphatic rings. The summed E-state index contributed by atoms with van der Waals surface area (Å²) in [7, 11) is 0. The number of thiophene rings is 1. The van der Waals surface area contributed by atoms with Gasteiger partial charge in [0, 0.05) is 24.2 Å². The summed E-state index contributed by atoms with van der Waals surface area (Å²) in [5.74, 6) is 0.685. The van der Waals surface area contributed by atoms with Gasteiger partial charge < -0.3 is 4.74 Å². The zero-order valence-corrected chi connectivity index (χ0v) is 12.7. The van der Waals surface area contributed by atoms with Gasteiger partial charge in [-0.2, -0.15) is 0 Å². The monoisotopic (exact) mass is 301 g/mol. The van der Waals surface area contributed by atoms with E-state index >= 15 is 0 Å². The summed E-state index contributed by atoms with van der Waals surface area (Å²) in [6.45, 7) is 3.28. The van der Waals surface area contributed by atoms with E-state index in [9.17, 15) is 0 Å². The first kappa shape index (κ1) is 13.4. The van der Waals surface area contributed by atoms with Crippen molar-refractivity contribution in [1.29, 1.82) is 0 Å². The number of fused-ring (bicyclic) bond motifs is 1. The second kappa shape index (κ2) is 5.83. The number of rotatable bonds is 3. The summed E-state index contributed by atoms with van der Waals surface area (Å²) in [5, 5.41) is 2.15. The Morgan fingerprint density at radius 2 is 2.38 bits per heavy atom. The molecule has 0 aliphatic carbocycles. The molecule has 0 radical (unpaired) electrons. The van der Waals surface area contributed by atoms with Crippen molar-refractivity contribution in [1.82, 2.24) is 14.9 Å². The smallest absolute Gasteiger partial charge is 0.115 e. The number of piperidine rings is 1. The molecule has 2 fully saturated rings. The highest BCUT2D eigenvalue weighted by atomic mass is 32.1. The molecule has 2 aromatic rings. The summed E-state index contributed by atoms with van der Waals surface area (Å²) >= 11 is 1.84. The van der Waals surface area contributed by atoms with Crippen LogP contribution in [0.15, 0.2) is 36.1 Å². The second-order valence-corrected chi connectivity index (χ2v) is 6.93. The lowest BCUT2D eigenvalue weighted by Gasteiger charge is -2.33. The molecule has 0 unspecified atom stereocenters. The van der Waals surface area contributed by atoms with E-state index in [1.165, 1.54) is 17.8 Å². The van der Waals surface area contributed by atoms with Crippen LogP contribution in [0.5, 0.6) is 0 Å². The quantitative estimate of drug-likeness (QED) is 0.874. The molecular weight excluding hydrogens is 282 g/mol. The summed E-state index contributed by atoms with van der Waals surface area (Å²) in [4.78, 5) is 12.3. The van der Waals surface area contributed by atoms with E-state index in [1.807, 2.05) is 17.4 Å². The van der Waals surface area contributed by atoms with E-state index in [4.69, 9.17) is 4.74 Å². The van der Waals surface area contributed by atoms with E-state index in [2.05, 4.69) is 32.4 Å². The Morgan fingerprint density at radius 3 is 3.19 bits per heavy atom. The lowest BCUT2D eigenvalue weighted by molar-refractivity contribution is -0.0104. The minimum Gasteiger partial charge on any atom is -0.367 e. The van der Waals surface area contributed by atoms with Crippen LogP contribution in [-0.4, -0.2) is 34.1 Å². The van der Waals surface area contributed by atoms with Crippen molar-refractivity contribution in [3.63, 3.8) is 0 Å². The Kier molecular flexibility index (Phi) is 3.71. The van der Waals surface area contributed by atoms with Crippen LogP contribution in [0.4, 0.5) is 0 Å². The molecular formula is C16H19N3OS. The Balaban J connectivity index is 1.40. The van der Waals surface area contributed by atoms with E-state index in [0.717, 1.165) is 25.2 Å². The van der Waals surface area contributed by atoms with Crippen molar-refractivity contribution in [2.24, 2.45) is 5.92 Å². The molecule has 0 bridgehead atoms. The first-order valence-corrected chi connectivity index (χ1v) is 8.42. The van der Waals surface area contributed by atoms with Gasteiger partial charge >= 0.3 is 0 Å². The van der Waals surface area contributed by atoms with Crippen molar-refractivity contribution in [2.75, 3.05) is 13.1 Å². The van der Waals surface area contributed by atoms with Gasteiger partial charge in [0.1, 0.15) is 12.4 Å². The van der Waals surface area contributed by atoms with Crippen LogP contribution >= 0.6 is 11.3 Å². The highest BCUT2D eigenvalue weighted by Crippen LogP contribution is 2.40. The van der Waals surface area contributed by atoms with Crippen LogP contribution in [0.1, 0.15) is 29.5 Å². The number of likely N-dealkylation sites (tertiary alicyclic amines) is 1. The first-order valence-electron chi connectivity index (χ1n) is 7.54. The average molecular weight is 301 g/mol. The Morgan fingerprint density at radius 1 is 1.38 bits per heavy atom. The molecule has 4 rings (SSSR count). The minimum absolute atomic E-state index is 0.157. The molecule has 5 heteroatoms. The average Bonchev–Trinajstić information content (AvgIpc) is 3.17. The molecule has 2 aromatic heterocycles. The molecule has 21 heavy (non-hydrogen) atoms. The van der Waals surface area contributed by atoms with Gasteiger partial charge in [0.2, 0.25) is 0 Å². The molecule has 110 valence electrons. The van der Waals surface area contributed by atoms with Gasteiger partial charge in [-0.25, -0.2) is 9.97 Å². The van der Waals surface area contributed by atoms with Gasteiger partial charge in [-0.3, -0.25) is 4.90 Å². The Labute approximate surface area is 128 Å². The number of aromatic nitrogens is 2. The summed E-state index contributed by atoms with van der Waals surface area (Å²) < 4.78 is 6.27. The molecule has 4 nitrogen and oxygen atoms in total.